The van der Waals surface area contributed by atoms with Gasteiger partial charge >= 0.3 is 6.18 Å². The Bertz CT molecular complexity index is 442. The molecule has 0 aliphatic rings. The van der Waals surface area contributed by atoms with Gasteiger partial charge in [0, 0.05) is 19.5 Å². The Labute approximate surface area is 110 Å². The van der Waals surface area contributed by atoms with Gasteiger partial charge < -0.3 is 10.4 Å². The summed E-state index contributed by atoms with van der Waals surface area (Å²) in [6, 6.07) is 4.53. The highest BCUT2D eigenvalue weighted by Gasteiger charge is 2.30. The van der Waals surface area contributed by atoms with Crippen molar-refractivity contribution in [3.05, 3.63) is 35.4 Å². The molecule has 104 valence electrons. The van der Waals surface area contributed by atoms with Crippen LogP contribution in [0.15, 0.2) is 24.3 Å². The molecule has 0 aliphatic carbocycles. The van der Waals surface area contributed by atoms with Crippen LogP contribution >= 0.6 is 0 Å². The summed E-state index contributed by atoms with van der Waals surface area (Å²) in [5.41, 5.74) is -0.253. The fourth-order valence-electron chi connectivity index (χ4n) is 1.53. The van der Waals surface area contributed by atoms with Crippen LogP contribution in [0.4, 0.5) is 13.2 Å². The van der Waals surface area contributed by atoms with E-state index in [-0.39, 0.29) is 6.54 Å². The third-order valence-electron chi connectivity index (χ3n) is 2.56. The van der Waals surface area contributed by atoms with E-state index in [9.17, 15) is 18.3 Å². The molecule has 0 radical (unpaired) electrons. The number of halogens is 3. The molecule has 0 aliphatic heterocycles. The number of rotatable bonds is 5. The molecule has 19 heavy (non-hydrogen) atoms. The van der Waals surface area contributed by atoms with Gasteiger partial charge in [-0.15, -0.1) is 11.8 Å². The molecule has 0 aromatic heterocycles. The molecule has 0 saturated heterocycles. The molecule has 0 heterocycles. The molecule has 0 amide bonds. The van der Waals surface area contributed by atoms with Crippen LogP contribution in [0, 0.1) is 11.8 Å². The van der Waals surface area contributed by atoms with Crippen molar-refractivity contribution < 1.29 is 18.3 Å². The average molecular weight is 271 g/mol. The molecule has 0 bridgehead atoms. The van der Waals surface area contributed by atoms with Gasteiger partial charge in [-0.2, -0.15) is 13.2 Å². The zero-order valence-electron chi connectivity index (χ0n) is 10.6. The second-order valence-corrected chi connectivity index (χ2v) is 4.02. The molecule has 1 aromatic rings. The lowest BCUT2D eigenvalue weighted by atomic mass is 10.1. The Kier molecular flexibility index (Phi) is 5.87. The minimum atomic E-state index is -4.35. The standard InChI is InChI=1S/C14H16F3NO/c1-2-3-4-9-18-10-13(19)11-5-7-12(8-6-11)14(15,16)17/h5-8,13,18-19H,4,9-10H2,1H3. The maximum absolute atomic E-state index is 12.4. The summed E-state index contributed by atoms with van der Waals surface area (Å²) in [6.45, 7) is 2.67. The molecule has 1 atom stereocenters. The summed E-state index contributed by atoms with van der Waals surface area (Å²) in [5, 5.41) is 12.8. The van der Waals surface area contributed by atoms with Crippen LogP contribution in [-0.4, -0.2) is 18.2 Å². The van der Waals surface area contributed by atoms with Gasteiger partial charge in [-0.1, -0.05) is 12.1 Å². The Morgan fingerprint density at radius 3 is 2.42 bits per heavy atom. The highest BCUT2D eigenvalue weighted by atomic mass is 19.4. The highest BCUT2D eigenvalue weighted by molar-refractivity contribution is 5.26. The smallest absolute Gasteiger partial charge is 0.387 e. The average Bonchev–Trinajstić information content (AvgIpc) is 2.37. The summed E-state index contributed by atoms with van der Waals surface area (Å²) < 4.78 is 37.1. The molecule has 5 heteroatoms. The molecular formula is C14H16F3NO. The van der Waals surface area contributed by atoms with Crippen LogP contribution in [0.25, 0.3) is 0 Å². The third-order valence-corrected chi connectivity index (χ3v) is 2.56. The first-order valence-corrected chi connectivity index (χ1v) is 5.90. The summed E-state index contributed by atoms with van der Waals surface area (Å²) in [7, 11) is 0. The van der Waals surface area contributed by atoms with Crippen LogP contribution in [0.1, 0.15) is 30.6 Å². The summed E-state index contributed by atoms with van der Waals surface area (Å²) >= 11 is 0. The van der Waals surface area contributed by atoms with Gasteiger partial charge in [-0.3, -0.25) is 0 Å². The van der Waals surface area contributed by atoms with Gasteiger partial charge in [0.05, 0.1) is 11.7 Å². The predicted octanol–water partition coefficient (Wildman–Crippen LogP) is 2.74. The normalized spacial score (nSPS) is 12.7. The van der Waals surface area contributed by atoms with E-state index < -0.39 is 17.8 Å². The molecule has 1 unspecified atom stereocenters. The molecular weight excluding hydrogens is 255 g/mol. The van der Waals surface area contributed by atoms with E-state index in [1.807, 2.05) is 0 Å². The van der Waals surface area contributed by atoms with Crippen molar-refractivity contribution in [1.82, 2.24) is 5.32 Å². The first-order chi connectivity index (χ1) is 8.95. The SMILES string of the molecule is CC#CCCNCC(O)c1ccc(C(F)(F)F)cc1. The fraction of sp³-hybridized carbons (Fsp3) is 0.429. The van der Waals surface area contributed by atoms with E-state index >= 15 is 0 Å². The van der Waals surface area contributed by atoms with Crippen LogP contribution < -0.4 is 5.32 Å². The Morgan fingerprint density at radius 2 is 1.89 bits per heavy atom. The van der Waals surface area contributed by atoms with Crippen LogP contribution in [0.3, 0.4) is 0 Å². The Balaban J connectivity index is 2.48. The summed E-state index contributed by atoms with van der Waals surface area (Å²) in [5.74, 6) is 5.62. The maximum atomic E-state index is 12.4. The van der Waals surface area contributed by atoms with Gasteiger partial charge in [-0.25, -0.2) is 0 Å². The molecule has 0 fully saturated rings. The topological polar surface area (TPSA) is 32.3 Å². The number of alkyl halides is 3. The van der Waals surface area contributed by atoms with Crippen molar-refractivity contribution >= 4 is 0 Å². The maximum Gasteiger partial charge on any atom is 0.416 e. The lowest BCUT2D eigenvalue weighted by Crippen LogP contribution is -2.22. The van der Waals surface area contributed by atoms with E-state index in [1.54, 1.807) is 6.92 Å². The second kappa shape index (κ2) is 7.17. The summed E-state index contributed by atoms with van der Waals surface area (Å²) in [6.07, 6.45) is -4.49. The lowest BCUT2D eigenvalue weighted by molar-refractivity contribution is -0.137. The van der Waals surface area contributed by atoms with E-state index in [2.05, 4.69) is 17.2 Å². The monoisotopic (exact) mass is 271 g/mol. The largest absolute Gasteiger partial charge is 0.416 e. The van der Waals surface area contributed by atoms with Crippen molar-refractivity contribution in [3.8, 4) is 11.8 Å². The lowest BCUT2D eigenvalue weighted by Gasteiger charge is -2.13. The minimum Gasteiger partial charge on any atom is -0.387 e. The molecule has 2 N–H and O–H groups in total. The Hall–Kier alpha value is -1.51. The second-order valence-electron chi connectivity index (χ2n) is 4.02. The Morgan fingerprint density at radius 1 is 1.26 bits per heavy atom. The number of benzene rings is 1. The molecule has 0 spiro atoms. The van der Waals surface area contributed by atoms with E-state index in [4.69, 9.17) is 0 Å². The number of hydrogen-bond donors (Lipinski definition) is 2. The highest BCUT2D eigenvalue weighted by Crippen LogP contribution is 2.29. The van der Waals surface area contributed by atoms with Crippen LogP contribution in [-0.2, 0) is 6.18 Å². The first-order valence-electron chi connectivity index (χ1n) is 5.90. The van der Waals surface area contributed by atoms with Crippen molar-refractivity contribution in [2.75, 3.05) is 13.1 Å². The number of hydrogen-bond acceptors (Lipinski definition) is 2. The van der Waals surface area contributed by atoms with Gasteiger partial charge in [0.15, 0.2) is 0 Å². The number of aliphatic hydroxyl groups excluding tert-OH is 1. The quantitative estimate of drug-likeness (QED) is 0.637. The zero-order valence-corrected chi connectivity index (χ0v) is 10.6. The molecule has 0 saturated carbocycles. The number of aliphatic hydroxyl groups is 1. The van der Waals surface area contributed by atoms with Crippen molar-refractivity contribution in [2.24, 2.45) is 0 Å². The van der Waals surface area contributed by atoms with Gasteiger partial charge in [-0.05, 0) is 24.6 Å². The number of nitrogens with one attached hydrogen (secondary N) is 1. The van der Waals surface area contributed by atoms with Gasteiger partial charge in [0.25, 0.3) is 0 Å². The third kappa shape index (κ3) is 5.33. The molecule has 2 nitrogen and oxygen atoms in total. The van der Waals surface area contributed by atoms with Crippen LogP contribution in [0.2, 0.25) is 0 Å². The first kappa shape index (κ1) is 15.5. The van der Waals surface area contributed by atoms with Crippen molar-refractivity contribution in [3.63, 3.8) is 0 Å². The van der Waals surface area contributed by atoms with E-state index in [0.29, 0.717) is 18.5 Å². The van der Waals surface area contributed by atoms with E-state index in [0.717, 1.165) is 12.1 Å². The minimum absolute atomic E-state index is 0.288. The van der Waals surface area contributed by atoms with Crippen molar-refractivity contribution in [1.29, 1.82) is 0 Å². The molecule has 1 aromatic carbocycles. The van der Waals surface area contributed by atoms with Gasteiger partial charge in [0.2, 0.25) is 0 Å². The predicted molar refractivity (Wildman–Crippen MR) is 67.3 cm³/mol. The summed E-state index contributed by atoms with van der Waals surface area (Å²) in [4.78, 5) is 0. The zero-order chi connectivity index (χ0) is 14.3. The van der Waals surface area contributed by atoms with Crippen molar-refractivity contribution in [2.45, 2.75) is 25.6 Å². The molecule has 1 rings (SSSR count). The van der Waals surface area contributed by atoms with E-state index in [1.165, 1.54) is 12.1 Å². The fourth-order valence-corrected chi connectivity index (χ4v) is 1.53. The van der Waals surface area contributed by atoms with Gasteiger partial charge in [0.1, 0.15) is 0 Å². The van der Waals surface area contributed by atoms with Crippen LogP contribution in [0.5, 0.6) is 0 Å².